The summed E-state index contributed by atoms with van der Waals surface area (Å²) in [6.45, 7) is 2.29. The van der Waals surface area contributed by atoms with Gasteiger partial charge < -0.3 is 14.5 Å². The van der Waals surface area contributed by atoms with Crippen LogP contribution < -0.4 is 0 Å². The largest absolute Gasteiger partial charge is 0.360 e. The molecule has 0 bridgehead atoms. The maximum atomic E-state index is 12.0. The zero-order valence-electron chi connectivity index (χ0n) is 9.86. The molecule has 88 valence electrons. The Morgan fingerprint density at radius 2 is 2.00 bits per heavy atom. The van der Waals surface area contributed by atoms with Crippen LogP contribution in [0.1, 0.15) is 6.92 Å². The Bertz CT molecular complexity index is 279. The summed E-state index contributed by atoms with van der Waals surface area (Å²) in [4.78, 5) is 13.2. The monoisotopic (exact) mass is 236 g/mol. The minimum Gasteiger partial charge on any atom is -0.360 e. The summed E-state index contributed by atoms with van der Waals surface area (Å²) in [6, 6.07) is 0. The molecule has 0 spiro atoms. The molecule has 1 rings (SSSR count). The predicted octanol–water partition coefficient (Wildman–Crippen LogP) is -0.345. The summed E-state index contributed by atoms with van der Waals surface area (Å²) >= 11 is 5.98. The van der Waals surface area contributed by atoms with Crippen molar-refractivity contribution in [2.24, 2.45) is 0 Å². The van der Waals surface area contributed by atoms with Crippen molar-refractivity contribution in [3.8, 4) is 0 Å². The van der Waals surface area contributed by atoms with Gasteiger partial charge in [-0.05, 0) is 18.7 Å². The molecule has 5 nitrogen and oxygen atoms in total. The average molecular weight is 237 g/mol. The van der Waals surface area contributed by atoms with E-state index in [2.05, 4.69) is 0 Å². The summed E-state index contributed by atoms with van der Waals surface area (Å²) in [5.74, 6) is -0.155. The van der Waals surface area contributed by atoms with E-state index in [1.54, 1.807) is 14.0 Å². The van der Waals surface area contributed by atoms with Crippen LogP contribution in [0.3, 0.4) is 0 Å². The molecule has 1 aliphatic heterocycles. The third kappa shape index (κ3) is 2.10. The third-order valence-electron chi connectivity index (χ3n) is 2.58. The molecule has 0 radical (unpaired) electrons. The summed E-state index contributed by atoms with van der Waals surface area (Å²) in [5.41, 5.74) is -0.853. The molecule has 0 aliphatic carbocycles. The molecule has 0 aromatic heterocycles. The number of likely N-dealkylation sites (N-methyl/N-ethyl adjacent to an activating group) is 2. The summed E-state index contributed by atoms with van der Waals surface area (Å²) in [5, 5.41) is 9.66. The van der Waals surface area contributed by atoms with Crippen molar-refractivity contribution >= 4 is 17.7 Å². The van der Waals surface area contributed by atoms with Crippen molar-refractivity contribution in [2.75, 3.05) is 34.7 Å². The molecule has 1 N–H and O–H groups in total. The number of amides is 1. The van der Waals surface area contributed by atoms with Crippen LogP contribution in [0.15, 0.2) is 0 Å². The Morgan fingerprint density at radius 3 is 2.27 bits per heavy atom. The van der Waals surface area contributed by atoms with Gasteiger partial charge in [-0.2, -0.15) is 4.42 Å². The fraction of sp³-hybridized carbons (Fsp3) is 0.889. The van der Waals surface area contributed by atoms with Crippen molar-refractivity contribution in [1.29, 1.82) is 0 Å². The minimum atomic E-state index is -1.05. The lowest BCUT2D eigenvalue weighted by Gasteiger charge is -2.34. The fourth-order valence-electron chi connectivity index (χ4n) is 2.04. The van der Waals surface area contributed by atoms with E-state index in [9.17, 15) is 9.90 Å². The lowest BCUT2D eigenvalue weighted by atomic mass is 10.0. The van der Waals surface area contributed by atoms with Gasteiger partial charge in [-0.3, -0.25) is 4.79 Å². The molecule has 0 saturated carbocycles. The van der Waals surface area contributed by atoms with Crippen LogP contribution in [0.5, 0.6) is 0 Å². The number of hydrogen-bond donors (Lipinski definition) is 1. The van der Waals surface area contributed by atoms with Gasteiger partial charge in [-0.25, -0.2) is 0 Å². The third-order valence-corrected chi connectivity index (χ3v) is 3.13. The van der Waals surface area contributed by atoms with E-state index < -0.39 is 11.9 Å². The molecule has 15 heavy (non-hydrogen) atoms. The highest BCUT2D eigenvalue weighted by molar-refractivity contribution is 6.17. The molecule has 1 fully saturated rings. The number of hydrogen-bond acceptors (Lipinski definition) is 3. The molecule has 2 atom stereocenters. The van der Waals surface area contributed by atoms with Crippen LogP contribution in [-0.4, -0.2) is 71.4 Å². The first-order valence-electron chi connectivity index (χ1n) is 4.80. The number of aliphatic hydroxyl groups is 1. The highest BCUT2D eigenvalue weighted by Gasteiger charge is 2.55. The van der Waals surface area contributed by atoms with Crippen LogP contribution >= 0.6 is 11.8 Å². The molecule has 1 saturated heterocycles. The van der Waals surface area contributed by atoms with E-state index in [1.165, 1.54) is 9.32 Å². The zero-order chi connectivity index (χ0) is 12.0. The van der Waals surface area contributed by atoms with Gasteiger partial charge >= 0.3 is 0 Å². The summed E-state index contributed by atoms with van der Waals surface area (Å²) in [6.07, 6.45) is -1.05. The zero-order valence-corrected chi connectivity index (χ0v) is 10.6. The van der Waals surface area contributed by atoms with Gasteiger partial charge in [0.15, 0.2) is 5.54 Å². The van der Waals surface area contributed by atoms with E-state index in [4.69, 9.17) is 11.8 Å². The Hall–Kier alpha value is -0.360. The van der Waals surface area contributed by atoms with Gasteiger partial charge in [0.2, 0.25) is 6.35 Å². The van der Waals surface area contributed by atoms with Crippen molar-refractivity contribution in [2.45, 2.75) is 18.8 Å². The van der Waals surface area contributed by atoms with Crippen molar-refractivity contribution < 1.29 is 14.4 Å². The van der Waals surface area contributed by atoms with E-state index in [0.29, 0.717) is 11.0 Å². The number of carbonyl (C=O) groups is 1. The SMILES string of the molecule is CN1C(=O)C(C)(C[N+](C)(C)C)N(Cl)C1O. The summed E-state index contributed by atoms with van der Waals surface area (Å²) in [7, 11) is 7.49. The lowest BCUT2D eigenvalue weighted by Crippen LogP contribution is -2.56. The second-order valence-electron chi connectivity index (χ2n) is 5.30. The smallest absolute Gasteiger partial charge is 0.252 e. The van der Waals surface area contributed by atoms with E-state index in [1.807, 2.05) is 21.1 Å². The Morgan fingerprint density at radius 1 is 1.53 bits per heavy atom. The Kier molecular flexibility index (Phi) is 3.04. The number of carbonyl (C=O) groups excluding carboxylic acids is 1. The van der Waals surface area contributed by atoms with E-state index >= 15 is 0 Å². The normalized spacial score (nSPS) is 33.9. The molecule has 0 aromatic rings. The van der Waals surface area contributed by atoms with Gasteiger partial charge in [-0.15, -0.1) is 0 Å². The van der Waals surface area contributed by atoms with Gasteiger partial charge in [0.25, 0.3) is 5.91 Å². The lowest BCUT2D eigenvalue weighted by molar-refractivity contribution is -0.873. The topological polar surface area (TPSA) is 43.8 Å². The van der Waals surface area contributed by atoms with Crippen molar-refractivity contribution in [1.82, 2.24) is 9.32 Å². The molecule has 2 unspecified atom stereocenters. The first kappa shape index (κ1) is 12.7. The number of aliphatic hydroxyl groups excluding tert-OH is 1. The molecule has 1 heterocycles. The average Bonchev–Trinajstić information content (AvgIpc) is 2.19. The first-order valence-corrected chi connectivity index (χ1v) is 5.14. The second kappa shape index (κ2) is 3.59. The molecule has 1 amide bonds. The predicted molar refractivity (Wildman–Crippen MR) is 57.8 cm³/mol. The molecule has 6 heteroatoms. The number of rotatable bonds is 2. The molecule has 0 aromatic carbocycles. The fourth-order valence-corrected chi connectivity index (χ4v) is 2.30. The summed E-state index contributed by atoms with van der Waals surface area (Å²) < 4.78 is 1.80. The van der Waals surface area contributed by atoms with Gasteiger partial charge in [-0.1, -0.05) is 0 Å². The standard InChI is InChI=1S/C9H19ClN3O2/c1-9(6-13(3,4)5)7(14)11(2)8(15)12(9)10/h8,15H,6H2,1-5H3/q+1. The highest BCUT2D eigenvalue weighted by atomic mass is 35.5. The maximum Gasteiger partial charge on any atom is 0.252 e. The minimum absolute atomic E-state index is 0.155. The van der Waals surface area contributed by atoms with Crippen LogP contribution in [0.2, 0.25) is 0 Å². The Balaban J connectivity index is 2.98. The Labute approximate surface area is 95.5 Å². The van der Waals surface area contributed by atoms with Gasteiger partial charge in [0.1, 0.15) is 6.54 Å². The van der Waals surface area contributed by atoms with Crippen molar-refractivity contribution in [3.05, 3.63) is 0 Å². The van der Waals surface area contributed by atoms with E-state index in [-0.39, 0.29) is 5.91 Å². The highest BCUT2D eigenvalue weighted by Crippen LogP contribution is 2.32. The van der Waals surface area contributed by atoms with Gasteiger partial charge in [0, 0.05) is 7.05 Å². The quantitative estimate of drug-likeness (QED) is 0.527. The van der Waals surface area contributed by atoms with Crippen LogP contribution in [0.25, 0.3) is 0 Å². The van der Waals surface area contributed by atoms with Crippen molar-refractivity contribution in [3.63, 3.8) is 0 Å². The second-order valence-corrected chi connectivity index (χ2v) is 5.66. The van der Waals surface area contributed by atoms with Crippen LogP contribution in [0, 0.1) is 0 Å². The molecule has 1 aliphatic rings. The number of halogens is 1. The van der Waals surface area contributed by atoms with Crippen LogP contribution in [-0.2, 0) is 4.79 Å². The first-order chi connectivity index (χ1) is 6.59. The van der Waals surface area contributed by atoms with Gasteiger partial charge in [0.05, 0.1) is 21.1 Å². The maximum absolute atomic E-state index is 12.0. The van der Waals surface area contributed by atoms with Crippen LogP contribution in [0.4, 0.5) is 0 Å². The number of quaternary nitrogens is 1. The van der Waals surface area contributed by atoms with E-state index in [0.717, 1.165) is 0 Å². The molecular formula is C9H19ClN3O2+. The number of nitrogens with zero attached hydrogens (tertiary/aromatic N) is 3. The molecular weight excluding hydrogens is 218 g/mol.